The third kappa shape index (κ3) is 7.24. The predicted octanol–water partition coefficient (Wildman–Crippen LogP) is 15.9. The van der Waals surface area contributed by atoms with Gasteiger partial charge >= 0.3 is 0 Å². The zero-order valence-electron chi connectivity index (χ0n) is 36.7. The van der Waals surface area contributed by atoms with E-state index < -0.39 is 5.41 Å². The summed E-state index contributed by atoms with van der Waals surface area (Å²) < 4.78 is 0. The lowest BCUT2D eigenvalue weighted by molar-refractivity contribution is 0.768. The molecule has 11 aromatic rings. The van der Waals surface area contributed by atoms with E-state index in [1.807, 2.05) is 12.1 Å². The standard InChI is InChI=1S/C64H43N3/c1-5-17-44(18-6-1)46-31-35-48(36-32-46)61-65-62(49-37-33-47(34-38-49)45-19-7-2-8-20-45)67-63(66-61)54-24-16-23-52(42-54)50-21-15-22-51(41-50)53-39-40-60-58(43-53)57-29-13-14-30-59(57)64(60,55-25-9-3-10-26-55)56-27-11-4-12-28-56/h1-43H. The highest BCUT2D eigenvalue weighted by atomic mass is 15.0. The molecule has 0 saturated heterocycles. The summed E-state index contributed by atoms with van der Waals surface area (Å²) >= 11 is 0. The summed E-state index contributed by atoms with van der Waals surface area (Å²) in [5.41, 5.74) is 19.2. The van der Waals surface area contributed by atoms with E-state index in [0.717, 1.165) is 44.5 Å². The van der Waals surface area contributed by atoms with Crippen molar-refractivity contribution in [3.8, 4) is 89.8 Å². The van der Waals surface area contributed by atoms with Crippen LogP contribution in [0.3, 0.4) is 0 Å². The molecule has 12 rings (SSSR count). The molecule has 0 saturated carbocycles. The van der Waals surface area contributed by atoms with Gasteiger partial charge in [-0.1, -0.05) is 243 Å². The zero-order valence-corrected chi connectivity index (χ0v) is 36.7. The molecule has 1 aliphatic rings. The molecule has 0 fully saturated rings. The van der Waals surface area contributed by atoms with Crippen molar-refractivity contribution in [2.24, 2.45) is 0 Å². The minimum absolute atomic E-state index is 0.429. The maximum atomic E-state index is 5.15. The fourth-order valence-corrected chi connectivity index (χ4v) is 9.99. The number of benzene rings is 10. The van der Waals surface area contributed by atoms with E-state index >= 15 is 0 Å². The van der Waals surface area contributed by atoms with Crippen molar-refractivity contribution in [1.82, 2.24) is 15.0 Å². The molecule has 3 nitrogen and oxygen atoms in total. The highest BCUT2D eigenvalue weighted by Gasteiger charge is 2.46. The first-order chi connectivity index (χ1) is 33.2. The predicted molar refractivity (Wildman–Crippen MR) is 275 cm³/mol. The first-order valence-electron chi connectivity index (χ1n) is 22.8. The van der Waals surface area contributed by atoms with Gasteiger partial charge < -0.3 is 0 Å². The van der Waals surface area contributed by atoms with Gasteiger partial charge in [0.15, 0.2) is 17.5 Å². The number of nitrogens with zero attached hydrogens (tertiary/aromatic N) is 3. The quantitative estimate of drug-likeness (QED) is 0.145. The second kappa shape index (κ2) is 17.0. The molecule has 3 heteroatoms. The van der Waals surface area contributed by atoms with Gasteiger partial charge in [-0.2, -0.15) is 0 Å². The van der Waals surface area contributed by atoms with Crippen LogP contribution in [-0.2, 0) is 5.41 Å². The summed E-state index contributed by atoms with van der Waals surface area (Å²) in [6.07, 6.45) is 0. The van der Waals surface area contributed by atoms with Crippen LogP contribution in [0.15, 0.2) is 261 Å². The van der Waals surface area contributed by atoms with Crippen molar-refractivity contribution in [2.45, 2.75) is 5.41 Å². The number of fused-ring (bicyclic) bond motifs is 3. The number of rotatable bonds is 9. The molecular formula is C64H43N3. The minimum atomic E-state index is -0.429. The summed E-state index contributed by atoms with van der Waals surface area (Å²) in [5.74, 6) is 1.87. The summed E-state index contributed by atoms with van der Waals surface area (Å²) in [6, 6.07) is 93.2. The third-order valence-electron chi connectivity index (χ3n) is 13.2. The summed E-state index contributed by atoms with van der Waals surface area (Å²) in [5, 5.41) is 0. The van der Waals surface area contributed by atoms with Crippen LogP contribution in [0.5, 0.6) is 0 Å². The van der Waals surface area contributed by atoms with E-state index in [0.29, 0.717) is 17.5 Å². The molecule has 67 heavy (non-hydrogen) atoms. The average Bonchev–Trinajstić information content (AvgIpc) is 3.72. The normalized spacial score (nSPS) is 12.3. The zero-order chi connectivity index (χ0) is 44.6. The Morgan fingerprint density at radius 3 is 1.04 bits per heavy atom. The molecule has 314 valence electrons. The van der Waals surface area contributed by atoms with Crippen LogP contribution in [0.2, 0.25) is 0 Å². The van der Waals surface area contributed by atoms with Crippen LogP contribution in [0.1, 0.15) is 22.3 Å². The monoisotopic (exact) mass is 853 g/mol. The van der Waals surface area contributed by atoms with Gasteiger partial charge in [-0.15, -0.1) is 0 Å². The van der Waals surface area contributed by atoms with Gasteiger partial charge in [-0.3, -0.25) is 0 Å². The van der Waals surface area contributed by atoms with Crippen LogP contribution in [-0.4, -0.2) is 15.0 Å². The van der Waals surface area contributed by atoms with Crippen LogP contribution in [0, 0.1) is 0 Å². The highest BCUT2D eigenvalue weighted by Crippen LogP contribution is 2.56. The lowest BCUT2D eigenvalue weighted by Crippen LogP contribution is -2.28. The third-order valence-corrected chi connectivity index (χ3v) is 13.2. The van der Waals surface area contributed by atoms with Crippen molar-refractivity contribution in [2.75, 3.05) is 0 Å². The fraction of sp³-hybridized carbons (Fsp3) is 0.0156. The largest absolute Gasteiger partial charge is 0.208 e. The van der Waals surface area contributed by atoms with E-state index in [4.69, 9.17) is 15.0 Å². The second-order valence-electron chi connectivity index (χ2n) is 17.1. The van der Waals surface area contributed by atoms with E-state index in [9.17, 15) is 0 Å². The van der Waals surface area contributed by atoms with E-state index in [1.54, 1.807) is 0 Å². The Hall–Kier alpha value is -8.79. The molecule has 0 spiro atoms. The van der Waals surface area contributed by atoms with Crippen molar-refractivity contribution < 1.29 is 0 Å². The van der Waals surface area contributed by atoms with Gasteiger partial charge in [0.2, 0.25) is 0 Å². The van der Waals surface area contributed by atoms with Crippen LogP contribution < -0.4 is 0 Å². The minimum Gasteiger partial charge on any atom is -0.208 e. The SMILES string of the molecule is c1ccc(-c2ccc(-c3nc(-c4ccc(-c5ccccc5)cc4)nc(-c4cccc(-c5cccc(-c6ccc7c(c6)-c6ccccc6C7(c6ccccc6)c6ccccc6)c5)c4)n3)cc2)cc1. The Labute approximate surface area is 391 Å². The Balaban J connectivity index is 0.925. The smallest absolute Gasteiger partial charge is 0.164 e. The van der Waals surface area contributed by atoms with Gasteiger partial charge in [0.05, 0.1) is 5.41 Å². The molecule has 1 aliphatic carbocycles. The molecule has 0 unspecified atom stereocenters. The Morgan fingerprint density at radius 2 is 0.537 bits per heavy atom. The number of hydrogen-bond donors (Lipinski definition) is 0. The van der Waals surface area contributed by atoms with Crippen LogP contribution >= 0.6 is 0 Å². The average molecular weight is 854 g/mol. The molecule has 0 atom stereocenters. The fourth-order valence-electron chi connectivity index (χ4n) is 9.99. The molecule has 0 N–H and O–H groups in total. The Kier molecular flexibility index (Phi) is 10.1. The van der Waals surface area contributed by atoms with Crippen molar-refractivity contribution in [3.63, 3.8) is 0 Å². The Morgan fingerprint density at radius 1 is 0.209 bits per heavy atom. The van der Waals surface area contributed by atoms with Crippen LogP contribution in [0.25, 0.3) is 89.8 Å². The van der Waals surface area contributed by atoms with Crippen molar-refractivity contribution in [3.05, 3.63) is 283 Å². The number of hydrogen-bond acceptors (Lipinski definition) is 3. The lowest BCUT2D eigenvalue weighted by atomic mass is 9.67. The summed E-state index contributed by atoms with van der Waals surface area (Å²) in [6.45, 7) is 0. The van der Waals surface area contributed by atoms with Crippen molar-refractivity contribution in [1.29, 1.82) is 0 Å². The lowest BCUT2D eigenvalue weighted by Gasteiger charge is -2.33. The number of aromatic nitrogens is 3. The second-order valence-corrected chi connectivity index (χ2v) is 17.1. The van der Waals surface area contributed by atoms with E-state index in [2.05, 4.69) is 249 Å². The van der Waals surface area contributed by atoms with Gasteiger partial charge in [0, 0.05) is 16.7 Å². The van der Waals surface area contributed by atoms with E-state index in [1.165, 1.54) is 50.1 Å². The van der Waals surface area contributed by atoms with Gasteiger partial charge in [-0.25, -0.2) is 15.0 Å². The molecule has 1 heterocycles. The molecule has 1 aromatic heterocycles. The van der Waals surface area contributed by atoms with Gasteiger partial charge in [0.25, 0.3) is 0 Å². The summed E-state index contributed by atoms with van der Waals surface area (Å²) in [7, 11) is 0. The maximum Gasteiger partial charge on any atom is 0.164 e. The Bertz CT molecular complexity index is 3390. The molecule has 0 aliphatic heterocycles. The first kappa shape index (κ1) is 39.8. The molecule has 0 bridgehead atoms. The summed E-state index contributed by atoms with van der Waals surface area (Å²) in [4.78, 5) is 15.4. The molecule has 10 aromatic carbocycles. The highest BCUT2D eigenvalue weighted by molar-refractivity contribution is 5.89. The maximum absolute atomic E-state index is 5.15. The molecule has 0 radical (unpaired) electrons. The van der Waals surface area contributed by atoms with Crippen LogP contribution in [0.4, 0.5) is 0 Å². The topological polar surface area (TPSA) is 38.7 Å². The van der Waals surface area contributed by atoms with E-state index in [-0.39, 0.29) is 0 Å². The van der Waals surface area contributed by atoms with Gasteiger partial charge in [0.1, 0.15) is 0 Å². The molecular weight excluding hydrogens is 811 g/mol. The van der Waals surface area contributed by atoms with Crippen molar-refractivity contribution >= 4 is 0 Å². The first-order valence-corrected chi connectivity index (χ1v) is 22.8. The van der Waals surface area contributed by atoms with Gasteiger partial charge in [-0.05, 0) is 96.1 Å². The molecule has 0 amide bonds.